The summed E-state index contributed by atoms with van der Waals surface area (Å²) in [5, 5.41) is 8.20. The molecule has 2 rings (SSSR count). The van der Waals surface area contributed by atoms with Crippen LogP contribution >= 0.6 is 11.3 Å². The van der Waals surface area contributed by atoms with E-state index in [9.17, 15) is 9.59 Å². The number of hydrogen-bond donors (Lipinski definition) is 2. The summed E-state index contributed by atoms with van der Waals surface area (Å²) in [5.74, 6) is -0.114. The molecule has 5 nitrogen and oxygen atoms in total. The second kappa shape index (κ2) is 5.16. The van der Waals surface area contributed by atoms with Gasteiger partial charge >= 0.3 is 0 Å². The molecule has 1 amide bonds. The SMILES string of the molecule is CC(=O)c1csc(NC(=O)C2(C)CCCNC2)n1. The molecule has 0 aromatic carbocycles. The van der Waals surface area contributed by atoms with E-state index >= 15 is 0 Å². The fraction of sp³-hybridized carbons (Fsp3) is 0.583. The maximum atomic E-state index is 12.2. The fourth-order valence-corrected chi connectivity index (χ4v) is 2.74. The van der Waals surface area contributed by atoms with E-state index in [1.54, 1.807) is 5.38 Å². The third-order valence-corrected chi connectivity index (χ3v) is 3.99. The number of nitrogens with one attached hydrogen (secondary N) is 2. The lowest BCUT2D eigenvalue weighted by molar-refractivity contribution is -0.125. The van der Waals surface area contributed by atoms with Gasteiger partial charge in [-0.05, 0) is 26.3 Å². The largest absolute Gasteiger partial charge is 0.316 e. The highest BCUT2D eigenvalue weighted by Crippen LogP contribution is 2.28. The number of piperidine rings is 1. The smallest absolute Gasteiger partial charge is 0.233 e. The molecule has 1 atom stereocenters. The molecule has 1 aliphatic heterocycles. The number of hydrogen-bond acceptors (Lipinski definition) is 5. The molecule has 0 saturated carbocycles. The molecular formula is C12H17N3O2S. The normalized spacial score (nSPS) is 23.7. The third-order valence-electron chi connectivity index (χ3n) is 3.23. The number of carbonyl (C=O) groups excluding carboxylic acids is 2. The summed E-state index contributed by atoms with van der Waals surface area (Å²) >= 11 is 1.28. The van der Waals surface area contributed by atoms with Gasteiger partial charge in [-0.25, -0.2) is 4.98 Å². The van der Waals surface area contributed by atoms with Gasteiger partial charge < -0.3 is 10.6 Å². The van der Waals surface area contributed by atoms with Crippen molar-refractivity contribution < 1.29 is 9.59 Å². The molecule has 98 valence electrons. The number of nitrogens with zero attached hydrogens (tertiary/aromatic N) is 1. The Morgan fingerprint density at radius 2 is 2.33 bits per heavy atom. The Balaban J connectivity index is 2.03. The van der Waals surface area contributed by atoms with Gasteiger partial charge in [-0.3, -0.25) is 9.59 Å². The van der Waals surface area contributed by atoms with Crippen LogP contribution in [0, 0.1) is 5.41 Å². The van der Waals surface area contributed by atoms with Gasteiger partial charge in [-0.1, -0.05) is 0 Å². The van der Waals surface area contributed by atoms with Gasteiger partial charge in [-0.2, -0.15) is 0 Å². The van der Waals surface area contributed by atoms with Crippen molar-refractivity contribution >= 4 is 28.2 Å². The zero-order valence-electron chi connectivity index (χ0n) is 10.6. The van der Waals surface area contributed by atoms with E-state index in [2.05, 4.69) is 15.6 Å². The highest BCUT2D eigenvalue weighted by atomic mass is 32.1. The number of Topliss-reactive ketones (excluding diaryl/α,β-unsaturated/α-hetero) is 1. The van der Waals surface area contributed by atoms with Crippen LogP contribution in [0.4, 0.5) is 5.13 Å². The van der Waals surface area contributed by atoms with Crippen LogP contribution in [0.3, 0.4) is 0 Å². The van der Waals surface area contributed by atoms with E-state index in [1.807, 2.05) is 6.92 Å². The van der Waals surface area contributed by atoms with Crippen molar-refractivity contribution in [2.45, 2.75) is 26.7 Å². The van der Waals surface area contributed by atoms with Gasteiger partial charge in [0.05, 0.1) is 5.41 Å². The summed E-state index contributed by atoms with van der Waals surface area (Å²) in [4.78, 5) is 27.4. The molecule has 1 aliphatic rings. The number of carbonyl (C=O) groups is 2. The molecule has 0 radical (unpaired) electrons. The summed E-state index contributed by atoms with van der Waals surface area (Å²) in [5.41, 5.74) is 0.0163. The average molecular weight is 267 g/mol. The van der Waals surface area contributed by atoms with Crippen LogP contribution < -0.4 is 10.6 Å². The van der Waals surface area contributed by atoms with Crippen molar-refractivity contribution in [3.8, 4) is 0 Å². The summed E-state index contributed by atoms with van der Waals surface area (Å²) in [7, 11) is 0. The summed E-state index contributed by atoms with van der Waals surface area (Å²) in [6.07, 6.45) is 1.87. The van der Waals surface area contributed by atoms with E-state index in [-0.39, 0.29) is 17.1 Å². The molecule has 18 heavy (non-hydrogen) atoms. The van der Waals surface area contributed by atoms with Crippen LogP contribution in [0.5, 0.6) is 0 Å². The lowest BCUT2D eigenvalue weighted by atomic mass is 9.82. The van der Waals surface area contributed by atoms with Gasteiger partial charge in [0.15, 0.2) is 10.9 Å². The summed E-state index contributed by atoms with van der Waals surface area (Å²) in [6.45, 7) is 5.07. The quantitative estimate of drug-likeness (QED) is 0.817. The van der Waals surface area contributed by atoms with Crippen molar-refractivity contribution in [2.24, 2.45) is 5.41 Å². The predicted molar refractivity (Wildman–Crippen MR) is 71.0 cm³/mol. The maximum Gasteiger partial charge on any atom is 0.233 e. The van der Waals surface area contributed by atoms with Gasteiger partial charge in [0.2, 0.25) is 5.91 Å². The number of ketones is 1. The van der Waals surface area contributed by atoms with E-state index in [0.29, 0.717) is 17.4 Å². The molecule has 6 heteroatoms. The molecule has 2 heterocycles. The highest BCUT2D eigenvalue weighted by molar-refractivity contribution is 7.14. The molecular weight excluding hydrogens is 250 g/mol. The first-order chi connectivity index (χ1) is 8.51. The number of amides is 1. The molecule has 0 spiro atoms. The van der Waals surface area contributed by atoms with Crippen molar-refractivity contribution in [3.63, 3.8) is 0 Å². The first-order valence-corrected chi connectivity index (χ1v) is 6.88. The Morgan fingerprint density at radius 3 is 2.89 bits per heavy atom. The van der Waals surface area contributed by atoms with Gasteiger partial charge in [0.25, 0.3) is 0 Å². The highest BCUT2D eigenvalue weighted by Gasteiger charge is 2.35. The number of rotatable bonds is 3. The fourth-order valence-electron chi connectivity index (χ4n) is 1.99. The Hall–Kier alpha value is -1.27. The molecule has 1 aromatic heterocycles. The summed E-state index contributed by atoms with van der Waals surface area (Å²) < 4.78 is 0. The second-order valence-corrected chi connectivity index (χ2v) is 5.75. The first-order valence-electron chi connectivity index (χ1n) is 6.00. The van der Waals surface area contributed by atoms with Gasteiger partial charge in [0, 0.05) is 18.8 Å². The lowest BCUT2D eigenvalue weighted by Crippen LogP contribution is -2.46. The van der Waals surface area contributed by atoms with Crippen LogP contribution in [0.15, 0.2) is 5.38 Å². The van der Waals surface area contributed by atoms with Crippen LogP contribution in [-0.4, -0.2) is 29.8 Å². The minimum Gasteiger partial charge on any atom is -0.316 e. The van der Waals surface area contributed by atoms with Crippen molar-refractivity contribution in [1.29, 1.82) is 0 Å². The molecule has 1 unspecified atom stereocenters. The molecule has 1 aromatic rings. The predicted octanol–water partition coefficient (Wildman–Crippen LogP) is 1.67. The van der Waals surface area contributed by atoms with Crippen LogP contribution in [-0.2, 0) is 4.79 Å². The van der Waals surface area contributed by atoms with Crippen LogP contribution in [0.1, 0.15) is 37.2 Å². The zero-order valence-corrected chi connectivity index (χ0v) is 11.4. The van der Waals surface area contributed by atoms with Crippen LogP contribution in [0.25, 0.3) is 0 Å². The van der Waals surface area contributed by atoms with Crippen molar-refractivity contribution in [3.05, 3.63) is 11.1 Å². The zero-order chi connectivity index (χ0) is 13.2. The molecule has 1 saturated heterocycles. The molecule has 0 bridgehead atoms. The lowest BCUT2D eigenvalue weighted by Gasteiger charge is -2.32. The Morgan fingerprint density at radius 1 is 1.56 bits per heavy atom. The average Bonchev–Trinajstić information content (AvgIpc) is 2.78. The van der Waals surface area contributed by atoms with E-state index in [4.69, 9.17) is 0 Å². The minimum atomic E-state index is -0.389. The summed E-state index contributed by atoms with van der Waals surface area (Å²) in [6, 6.07) is 0. The Labute approximate surface area is 110 Å². The molecule has 0 aliphatic carbocycles. The van der Waals surface area contributed by atoms with E-state index in [0.717, 1.165) is 19.4 Å². The molecule has 2 N–H and O–H groups in total. The Kier molecular flexibility index (Phi) is 3.77. The van der Waals surface area contributed by atoms with Crippen molar-refractivity contribution in [1.82, 2.24) is 10.3 Å². The monoisotopic (exact) mass is 267 g/mol. The topological polar surface area (TPSA) is 71.1 Å². The first kappa shape index (κ1) is 13.2. The second-order valence-electron chi connectivity index (χ2n) is 4.89. The van der Waals surface area contributed by atoms with Gasteiger partial charge in [-0.15, -0.1) is 11.3 Å². The molecule has 1 fully saturated rings. The number of thiazole rings is 1. The van der Waals surface area contributed by atoms with Gasteiger partial charge in [0.1, 0.15) is 5.69 Å². The van der Waals surface area contributed by atoms with Crippen LogP contribution in [0.2, 0.25) is 0 Å². The maximum absolute atomic E-state index is 12.2. The Bertz CT molecular complexity index is 464. The van der Waals surface area contributed by atoms with E-state index < -0.39 is 0 Å². The number of aromatic nitrogens is 1. The van der Waals surface area contributed by atoms with Crippen molar-refractivity contribution in [2.75, 3.05) is 18.4 Å². The standard InChI is InChI=1S/C12H17N3O2S/c1-8(16)9-6-18-11(14-9)15-10(17)12(2)4-3-5-13-7-12/h6,13H,3-5,7H2,1-2H3,(H,14,15,17). The minimum absolute atomic E-state index is 0.0286. The third kappa shape index (κ3) is 2.76. The number of anilines is 1. The van der Waals surface area contributed by atoms with E-state index in [1.165, 1.54) is 18.3 Å².